The van der Waals surface area contributed by atoms with Crippen molar-refractivity contribution in [2.24, 2.45) is 0 Å². The van der Waals surface area contributed by atoms with Gasteiger partial charge in [-0.1, -0.05) is 0 Å². The molecule has 1 aromatic heterocycles. The molecule has 0 aliphatic heterocycles. The van der Waals surface area contributed by atoms with Gasteiger partial charge in [0.05, 0.1) is 0 Å². The number of aryl methyl sites for hydroxylation is 1. The van der Waals surface area contributed by atoms with E-state index in [0.717, 1.165) is 0 Å². The van der Waals surface area contributed by atoms with Crippen molar-refractivity contribution < 1.29 is 32.6 Å². The van der Waals surface area contributed by atoms with Crippen LogP contribution in [-0.2, 0) is 36.1 Å². The van der Waals surface area contributed by atoms with Gasteiger partial charge in [0.2, 0.25) is 0 Å². The van der Waals surface area contributed by atoms with Crippen LogP contribution in [0.5, 0.6) is 0 Å². The van der Waals surface area contributed by atoms with Gasteiger partial charge >= 0.3 is 191 Å². The van der Waals surface area contributed by atoms with Gasteiger partial charge in [0, 0.05) is 0 Å². The van der Waals surface area contributed by atoms with Gasteiger partial charge in [-0.2, -0.15) is 0 Å². The summed E-state index contributed by atoms with van der Waals surface area (Å²) >= 11 is -0.798. The van der Waals surface area contributed by atoms with Gasteiger partial charge in [-0.3, -0.25) is 0 Å². The molecule has 3 aliphatic rings. The SMILES string of the molecule is CC1=CC[C]([Zr+2][CH]2C(n3c4c(c5ccccc53)CCCC4)=Cc3ccccc32)=C1C.[F-].[F-]. The summed E-state index contributed by atoms with van der Waals surface area (Å²) in [7, 11) is 0. The normalized spacial score (nSPS) is 18.9. The molecule has 1 atom stereocenters. The van der Waals surface area contributed by atoms with Crippen LogP contribution >= 0.6 is 0 Å². The number of para-hydroxylation sites is 1. The van der Waals surface area contributed by atoms with Gasteiger partial charge in [0.15, 0.2) is 0 Å². The Labute approximate surface area is 200 Å². The van der Waals surface area contributed by atoms with Crippen LogP contribution in [0.25, 0.3) is 22.7 Å². The Kier molecular flexibility index (Phi) is 6.54. The first-order valence-electron chi connectivity index (χ1n) is 11.3. The Morgan fingerprint density at radius 3 is 2.47 bits per heavy atom. The van der Waals surface area contributed by atoms with E-state index in [0.29, 0.717) is 3.63 Å². The van der Waals surface area contributed by atoms with Gasteiger partial charge in [0.1, 0.15) is 0 Å². The summed E-state index contributed by atoms with van der Waals surface area (Å²) in [5.74, 6) is 0. The zero-order chi connectivity index (χ0) is 20.2. The molecule has 1 unspecified atom stereocenters. The van der Waals surface area contributed by atoms with Crippen LogP contribution in [0.15, 0.2) is 69.0 Å². The van der Waals surface area contributed by atoms with Gasteiger partial charge in [-0.15, -0.1) is 0 Å². The van der Waals surface area contributed by atoms with Crippen molar-refractivity contribution in [2.45, 2.75) is 49.6 Å². The molecule has 32 heavy (non-hydrogen) atoms. The average molecular weight is 507 g/mol. The van der Waals surface area contributed by atoms with E-state index in [2.05, 4.69) is 79.1 Å². The second kappa shape index (κ2) is 9.06. The van der Waals surface area contributed by atoms with Crippen LogP contribution in [0.3, 0.4) is 0 Å². The Morgan fingerprint density at radius 2 is 1.66 bits per heavy atom. The quantitative estimate of drug-likeness (QED) is 0.505. The van der Waals surface area contributed by atoms with E-state index in [1.54, 1.807) is 31.4 Å². The minimum Gasteiger partial charge on any atom is -1.00 e. The third-order valence-corrected chi connectivity index (χ3v) is 11.8. The molecule has 0 radical (unpaired) electrons. The fourth-order valence-electron chi connectivity index (χ4n) is 5.58. The van der Waals surface area contributed by atoms with Crippen molar-refractivity contribution >= 4 is 22.7 Å². The van der Waals surface area contributed by atoms with E-state index < -0.39 is 23.2 Å². The number of fused-ring (bicyclic) bond motifs is 4. The minimum absolute atomic E-state index is 0. The third-order valence-electron chi connectivity index (χ3n) is 7.32. The molecule has 0 saturated heterocycles. The van der Waals surface area contributed by atoms with Gasteiger partial charge < -0.3 is 9.41 Å². The zero-order valence-corrected chi connectivity index (χ0v) is 21.0. The number of benzene rings is 2. The van der Waals surface area contributed by atoms with Crippen LogP contribution < -0.4 is 9.41 Å². The number of hydrogen-bond donors (Lipinski definition) is 0. The van der Waals surface area contributed by atoms with Crippen molar-refractivity contribution in [3.63, 3.8) is 0 Å². The summed E-state index contributed by atoms with van der Waals surface area (Å²) in [6.07, 6.45) is 11.3. The number of halogens is 2. The number of aromatic nitrogens is 1. The maximum Gasteiger partial charge on any atom is -1.00 e. The maximum absolute atomic E-state index is 2.69. The molecule has 1 nitrogen and oxygen atoms in total. The van der Waals surface area contributed by atoms with Crippen LogP contribution in [-0.4, -0.2) is 4.57 Å². The van der Waals surface area contributed by atoms with Crippen LogP contribution in [0.1, 0.15) is 59.1 Å². The molecule has 1 heterocycles. The molecule has 0 amide bonds. The molecule has 162 valence electrons. The fraction of sp³-hybridized carbons (Fsp3) is 0.286. The number of nitrogens with zero attached hydrogens (tertiary/aromatic N) is 1. The minimum atomic E-state index is -0.798. The van der Waals surface area contributed by atoms with Crippen molar-refractivity contribution in [1.29, 1.82) is 0 Å². The topological polar surface area (TPSA) is 4.93 Å². The molecule has 4 heteroatoms. The molecule has 0 N–H and O–H groups in total. The molecule has 6 rings (SSSR count). The molecular weight excluding hydrogens is 480 g/mol. The monoisotopic (exact) mass is 505 g/mol. The second-order valence-corrected chi connectivity index (χ2v) is 12.6. The summed E-state index contributed by atoms with van der Waals surface area (Å²) in [6, 6.07) is 18.3. The largest absolute Gasteiger partial charge is 1.00 e. The van der Waals surface area contributed by atoms with Gasteiger partial charge in [-0.25, -0.2) is 0 Å². The van der Waals surface area contributed by atoms with Crippen molar-refractivity contribution in [3.05, 3.63) is 91.4 Å². The Morgan fingerprint density at radius 1 is 0.906 bits per heavy atom. The first kappa shape index (κ1) is 23.1. The maximum atomic E-state index is 2.69. The summed E-state index contributed by atoms with van der Waals surface area (Å²) in [4.78, 5) is 0. The smallest absolute Gasteiger partial charge is 1.00 e. The average Bonchev–Trinajstić information content (AvgIpc) is 3.41. The first-order chi connectivity index (χ1) is 14.7. The summed E-state index contributed by atoms with van der Waals surface area (Å²) in [5, 5.41) is 1.49. The van der Waals surface area contributed by atoms with E-state index in [1.807, 2.05) is 0 Å². The molecule has 0 spiro atoms. The third kappa shape index (κ3) is 3.52. The molecule has 2 aromatic carbocycles. The molecule has 0 bridgehead atoms. The zero-order valence-electron chi connectivity index (χ0n) is 18.6. The van der Waals surface area contributed by atoms with E-state index >= 15 is 0 Å². The van der Waals surface area contributed by atoms with E-state index in [-0.39, 0.29) is 9.41 Å². The van der Waals surface area contributed by atoms with Gasteiger partial charge in [0.25, 0.3) is 0 Å². The summed E-state index contributed by atoms with van der Waals surface area (Å²) in [5.41, 5.74) is 12.3. The standard InChI is InChI=1S/C21H18N.C7H9.2FH.Zr/c1-2-8-16-14-17(13-15(16)7-1)22-20-11-5-3-9-18(20)19-10-4-6-12-21(19)22;1-6-4-3-5-7(6)2;;;/h1-3,5,7-9,11,13-14H,4,6,10,12H2;4H,3H2,1-2H3;2*1H;/q;;;;+2/p-2. The van der Waals surface area contributed by atoms with Crippen LogP contribution in [0.4, 0.5) is 0 Å². The van der Waals surface area contributed by atoms with E-state index in [4.69, 9.17) is 0 Å². The van der Waals surface area contributed by atoms with Crippen molar-refractivity contribution in [2.75, 3.05) is 0 Å². The Bertz CT molecular complexity index is 1280. The number of rotatable bonds is 3. The van der Waals surface area contributed by atoms with E-state index in [9.17, 15) is 0 Å². The summed E-state index contributed by atoms with van der Waals surface area (Å²) < 4.78 is 5.09. The van der Waals surface area contributed by atoms with Crippen LogP contribution in [0, 0.1) is 0 Å². The predicted octanol–water partition coefficient (Wildman–Crippen LogP) is 1.29. The molecule has 3 aliphatic carbocycles. The van der Waals surface area contributed by atoms with Crippen molar-refractivity contribution in [3.8, 4) is 0 Å². The molecule has 0 saturated carbocycles. The molecule has 0 fully saturated rings. The van der Waals surface area contributed by atoms with Crippen LogP contribution in [0.2, 0.25) is 0 Å². The molecule has 3 aromatic rings. The number of allylic oxidation sites excluding steroid dienone is 5. The van der Waals surface area contributed by atoms with E-state index in [1.165, 1.54) is 54.1 Å². The van der Waals surface area contributed by atoms with Crippen molar-refractivity contribution in [1.82, 2.24) is 4.57 Å². The second-order valence-electron chi connectivity index (χ2n) is 8.96. The Balaban J connectivity index is 0.00000122. The predicted molar refractivity (Wildman–Crippen MR) is 123 cm³/mol. The first-order valence-corrected chi connectivity index (χ1v) is 13.9. The molecular formula is C28H27F2NZr. The number of hydrogen-bond acceptors (Lipinski definition) is 0. The fourth-order valence-corrected chi connectivity index (χ4v) is 9.91. The summed E-state index contributed by atoms with van der Waals surface area (Å²) in [6.45, 7) is 4.64. The Hall–Kier alpha value is -2.06. The van der Waals surface area contributed by atoms with Gasteiger partial charge in [-0.05, 0) is 0 Å².